The van der Waals surface area contributed by atoms with Crippen molar-refractivity contribution >= 4 is 23.2 Å². The molecule has 4 bridgehead atoms. The molecule has 0 spiro atoms. The Kier molecular flexibility index (Phi) is 6.31. The van der Waals surface area contributed by atoms with Crippen molar-refractivity contribution in [2.24, 2.45) is 17.8 Å². The van der Waals surface area contributed by atoms with Crippen molar-refractivity contribution in [1.82, 2.24) is 14.9 Å². The van der Waals surface area contributed by atoms with Crippen molar-refractivity contribution < 1.29 is 23.0 Å². The molecule has 200 valence electrons. The Hall–Kier alpha value is -2.10. The lowest BCUT2D eigenvalue weighted by atomic mass is 9.52. The summed E-state index contributed by atoms with van der Waals surface area (Å²) >= 11 is 5.74. The number of likely N-dealkylation sites (tertiary alicyclic amines) is 1. The number of nitrogens with one attached hydrogen (secondary N) is 1. The molecule has 1 saturated heterocycles. The first kappa shape index (κ1) is 25.2. The van der Waals surface area contributed by atoms with E-state index in [9.17, 15) is 18.3 Å². The third-order valence-electron chi connectivity index (χ3n) is 9.13. The van der Waals surface area contributed by atoms with Gasteiger partial charge in [0.05, 0.1) is 18.4 Å². The van der Waals surface area contributed by atoms with Gasteiger partial charge < -0.3 is 15.2 Å². The minimum atomic E-state index is -4.61. The number of methoxy groups -OCH3 is 1. The summed E-state index contributed by atoms with van der Waals surface area (Å²) in [4.78, 5) is 10.2. The second-order valence-electron chi connectivity index (χ2n) is 11.5. The minimum Gasteiger partial charge on any atom is -0.495 e. The largest absolute Gasteiger partial charge is 0.495 e. The Morgan fingerprint density at radius 2 is 1.84 bits per heavy atom. The molecule has 0 amide bonds. The number of nitrogens with zero attached hydrogens (tertiary/aromatic N) is 3. The Labute approximate surface area is 219 Å². The van der Waals surface area contributed by atoms with E-state index in [4.69, 9.17) is 16.3 Å². The van der Waals surface area contributed by atoms with Gasteiger partial charge in [-0.1, -0.05) is 17.7 Å². The molecule has 2 unspecified atom stereocenters. The number of hydrogen-bond acceptors (Lipinski definition) is 6. The maximum atomic E-state index is 13.0. The highest BCUT2D eigenvalue weighted by molar-refractivity contribution is 6.30. The molecular formula is C27H32ClF3N4O2. The molecule has 0 radical (unpaired) electrons. The first-order valence-corrected chi connectivity index (χ1v) is 13.5. The second kappa shape index (κ2) is 9.27. The number of benzene rings is 1. The maximum absolute atomic E-state index is 13.0. The number of aromatic nitrogens is 2. The van der Waals surface area contributed by atoms with Crippen LogP contribution in [0.2, 0.25) is 5.15 Å². The quantitative estimate of drug-likeness (QED) is 0.455. The monoisotopic (exact) mass is 536 g/mol. The summed E-state index contributed by atoms with van der Waals surface area (Å²) in [6, 6.07) is 6.50. The van der Waals surface area contributed by atoms with Gasteiger partial charge in [0, 0.05) is 12.2 Å². The van der Waals surface area contributed by atoms with Crippen LogP contribution in [0.25, 0.3) is 0 Å². The SMILES string of the molecule is COc1cc(C2CCN([C@H]3C4CC5CC3C[C@](O)(C5)C4)CC2)ccc1Nc1ncc(C(F)(F)F)c(Cl)n1. The smallest absolute Gasteiger partial charge is 0.420 e. The van der Waals surface area contributed by atoms with Crippen LogP contribution in [0.4, 0.5) is 24.8 Å². The molecule has 2 N–H and O–H groups in total. The van der Waals surface area contributed by atoms with E-state index in [0.717, 1.165) is 51.1 Å². The highest BCUT2D eigenvalue weighted by atomic mass is 35.5. The van der Waals surface area contributed by atoms with Crippen LogP contribution in [0, 0.1) is 17.8 Å². The fraction of sp³-hybridized carbons (Fsp3) is 0.630. The second-order valence-corrected chi connectivity index (χ2v) is 11.8. The average molecular weight is 537 g/mol. The van der Waals surface area contributed by atoms with Gasteiger partial charge in [-0.2, -0.15) is 13.2 Å². The zero-order valence-electron chi connectivity index (χ0n) is 20.8. The summed E-state index contributed by atoms with van der Waals surface area (Å²) in [5, 5.41) is 13.2. The van der Waals surface area contributed by atoms with Gasteiger partial charge >= 0.3 is 6.18 Å². The molecule has 2 heterocycles. The van der Waals surface area contributed by atoms with Crippen LogP contribution in [0.5, 0.6) is 5.75 Å². The Morgan fingerprint density at radius 1 is 1.14 bits per heavy atom. The summed E-state index contributed by atoms with van der Waals surface area (Å²) in [6.45, 7) is 2.12. The first-order valence-electron chi connectivity index (χ1n) is 13.1. The normalized spacial score (nSPS) is 32.1. The summed E-state index contributed by atoms with van der Waals surface area (Å²) in [6.07, 6.45) is 3.73. The van der Waals surface area contributed by atoms with Crippen LogP contribution in [0.1, 0.15) is 62.0 Å². The summed E-state index contributed by atoms with van der Waals surface area (Å²) in [7, 11) is 1.56. The average Bonchev–Trinajstić information content (AvgIpc) is 2.83. The third kappa shape index (κ3) is 4.79. The van der Waals surface area contributed by atoms with E-state index in [1.165, 1.54) is 18.4 Å². The summed E-state index contributed by atoms with van der Waals surface area (Å²) < 4.78 is 44.4. The number of anilines is 2. The Balaban J connectivity index is 1.11. The van der Waals surface area contributed by atoms with Crippen LogP contribution >= 0.6 is 11.6 Å². The van der Waals surface area contributed by atoms with Gasteiger partial charge in [-0.05, 0) is 99.4 Å². The molecule has 4 saturated carbocycles. The molecule has 1 aromatic heterocycles. The lowest BCUT2D eigenvalue weighted by Crippen LogP contribution is -2.62. The van der Waals surface area contributed by atoms with E-state index in [1.807, 2.05) is 18.2 Å². The summed E-state index contributed by atoms with van der Waals surface area (Å²) in [5.41, 5.74) is 0.283. The lowest BCUT2D eigenvalue weighted by molar-refractivity contribution is -0.162. The van der Waals surface area contributed by atoms with Gasteiger partial charge in [-0.25, -0.2) is 9.97 Å². The van der Waals surface area contributed by atoms with Crippen LogP contribution in [0.3, 0.4) is 0 Å². The number of aliphatic hydroxyl groups is 1. The molecule has 7 rings (SSSR count). The molecule has 1 aliphatic heterocycles. The standard InChI is InChI=1S/C27H32ClF3N4O2/c1-37-22-10-17(2-3-21(22)33-25-32-14-20(24(28)34-25)27(29,30)31)16-4-6-35(7-5-16)23-18-8-15-9-19(23)13-26(36,11-15)12-18/h2-3,10,14-16,18-19,23,36H,4-9,11-13H2,1H3,(H,32,33,34)/t15?,18?,19?,23-,26-. The zero-order chi connectivity index (χ0) is 25.9. The topological polar surface area (TPSA) is 70.5 Å². The molecule has 4 aliphatic carbocycles. The molecule has 37 heavy (non-hydrogen) atoms. The van der Waals surface area contributed by atoms with Crippen molar-refractivity contribution in [3.8, 4) is 5.75 Å². The number of halogens is 4. The van der Waals surface area contributed by atoms with E-state index in [2.05, 4.69) is 20.2 Å². The number of ether oxygens (including phenoxy) is 1. The molecule has 5 aliphatic rings. The number of rotatable bonds is 5. The summed E-state index contributed by atoms with van der Waals surface area (Å²) in [5.74, 6) is 2.96. The van der Waals surface area contributed by atoms with E-state index < -0.39 is 22.5 Å². The fourth-order valence-electron chi connectivity index (χ4n) is 7.88. The Morgan fingerprint density at radius 3 is 2.43 bits per heavy atom. The van der Waals surface area contributed by atoms with Gasteiger partial charge in [0.15, 0.2) is 0 Å². The molecular weight excluding hydrogens is 505 g/mol. The van der Waals surface area contributed by atoms with Crippen LogP contribution in [-0.4, -0.2) is 51.8 Å². The van der Waals surface area contributed by atoms with Crippen molar-refractivity contribution in [2.75, 3.05) is 25.5 Å². The maximum Gasteiger partial charge on any atom is 0.420 e. The molecule has 5 fully saturated rings. The number of alkyl halides is 3. The third-order valence-corrected chi connectivity index (χ3v) is 9.42. The van der Waals surface area contributed by atoms with Crippen molar-refractivity contribution in [3.05, 3.63) is 40.7 Å². The van der Waals surface area contributed by atoms with Crippen LogP contribution < -0.4 is 10.1 Å². The van der Waals surface area contributed by atoms with Gasteiger partial charge in [0.25, 0.3) is 0 Å². The Bertz CT molecular complexity index is 1150. The molecule has 2 atom stereocenters. The molecule has 2 aromatic rings. The molecule has 1 aromatic carbocycles. The van der Waals surface area contributed by atoms with E-state index in [-0.39, 0.29) is 5.95 Å². The highest BCUT2D eigenvalue weighted by Gasteiger charge is 2.56. The van der Waals surface area contributed by atoms with Gasteiger partial charge in [-0.15, -0.1) is 0 Å². The molecule has 10 heteroatoms. The number of hydrogen-bond donors (Lipinski definition) is 2. The molecule has 6 nitrogen and oxygen atoms in total. The minimum absolute atomic E-state index is 0.0299. The first-order chi connectivity index (χ1) is 17.6. The van der Waals surface area contributed by atoms with Crippen molar-refractivity contribution in [2.45, 2.75) is 68.7 Å². The predicted molar refractivity (Wildman–Crippen MR) is 134 cm³/mol. The number of piperidine rings is 1. The fourth-order valence-corrected chi connectivity index (χ4v) is 8.11. The van der Waals surface area contributed by atoms with Crippen molar-refractivity contribution in [3.63, 3.8) is 0 Å². The van der Waals surface area contributed by atoms with Gasteiger partial charge in [0.2, 0.25) is 5.95 Å². The van der Waals surface area contributed by atoms with E-state index in [0.29, 0.717) is 41.4 Å². The van der Waals surface area contributed by atoms with E-state index in [1.54, 1.807) is 7.11 Å². The van der Waals surface area contributed by atoms with Gasteiger partial charge in [-0.3, -0.25) is 4.90 Å². The van der Waals surface area contributed by atoms with Gasteiger partial charge in [0.1, 0.15) is 16.5 Å². The van der Waals surface area contributed by atoms with Crippen LogP contribution in [0.15, 0.2) is 24.4 Å². The lowest BCUT2D eigenvalue weighted by Gasteiger charge is -2.61. The highest BCUT2D eigenvalue weighted by Crippen LogP contribution is 2.57. The van der Waals surface area contributed by atoms with Crippen LogP contribution in [-0.2, 0) is 6.18 Å². The van der Waals surface area contributed by atoms with E-state index >= 15 is 0 Å². The predicted octanol–water partition coefficient (Wildman–Crippen LogP) is 6.02. The van der Waals surface area contributed by atoms with Crippen molar-refractivity contribution in [1.29, 1.82) is 0 Å². The zero-order valence-corrected chi connectivity index (χ0v) is 21.5.